The zero-order chi connectivity index (χ0) is 12.1. The van der Waals surface area contributed by atoms with Crippen LogP contribution in [0.4, 0.5) is 5.13 Å². The van der Waals surface area contributed by atoms with Crippen LogP contribution in [0.15, 0.2) is 6.20 Å². The van der Waals surface area contributed by atoms with Gasteiger partial charge in [-0.25, -0.2) is 9.78 Å². The van der Waals surface area contributed by atoms with Gasteiger partial charge in [0, 0.05) is 6.54 Å². The second-order valence-electron chi connectivity index (χ2n) is 4.16. The average Bonchev–Trinajstić information content (AvgIpc) is 2.96. The molecule has 0 amide bonds. The normalized spacial score (nSPS) is 16.2. The monoisotopic (exact) mass is 255 g/mol. The molecule has 1 fully saturated rings. The lowest BCUT2D eigenvalue weighted by Gasteiger charge is -2.13. The SMILES string of the molecule is O=C(O)c1cnc(NCCCN2CCCC2)s1. The van der Waals surface area contributed by atoms with E-state index in [1.54, 1.807) is 0 Å². The number of aromatic nitrogens is 1. The van der Waals surface area contributed by atoms with Crippen LogP contribution in [0.1, 0.15) is 28.9 Å². The van der Waals surface area contributed by atoms with E-state index in [9.17, 15) is 4.79 Å². The standard InChI is InChI=1S/C11H17N3O2S/c15-10(16)9-8-13-11(17-9)12-4-3-7-14-5-1-2-6-14/h8H,1-7H2,(H,12,13)(H,15,16). The molecule has 0 bridgehead atoms. The molecule has 1 saturated heterocycles. The van der Waals surface area contributed by atoms with Gasteiger partial charge in [0.05, 0.1) is 6.20 Å². The highest BCUT2D eigenvalue weighted by molar-refractivity contribution is 7.17. The Kier molecular flexibility index (Phi) is 4.33. The Labute approximate surface area is 104 Å². The summed E-state index contributed by atoms with van der Waals surface area (Å²) >= 11 is 1.19. The Morgan fingerprint density at radius 2 is 2.29 bits per heavy atom. The molecule has 0 radical (unpaired) electrons. The van der Waals surface area contributed by atoms with Crippen LogP contribution in [0, 0.1) is 0 Å². The molecule has 0 spiro atoms. The summed E-state index contributed by atoms with van der Waals surface area (Å²) in [6.07, 6.45) is 5.11. The first-order valence-corrected chi connectivity index (χ1v) is 6.73. The first kappa shape index (κ1) is 12.3. The van der Waals surface area contributed by atoms with Gasteiger partial charge >= 0.3 is 5.97 Å². The smallest absolute Gasteiger partial charge is 0.347 e. The highest BCUT2D eigenvalue weighted by Crippen LogP contribution is 2.17. The van der Waals surface area contributed by atoms with E-state index in [1.807, 2.05) is 0 Å². The molecule has 5 nitrogen and oxygen atoms in total. The molecule has 17 heavy (non-hydrogen) atoms. The summed E-state index contributed by atoms with van der Waals surface area (Å²) in [7, 11) is 0. The molecule has 2 N–H and O–H groups in total. The van der Waals surface area contributed by atoms with Crippen LogP contribution in [0.5, 0.6) is 0 Å². The van der Waals surface area contributed by atoms with Crippen LogP contribution < -0.4 is 5.32 Å². The number of likely N-dealkylation sites (tertiary alicyclic amines) is 1. The van der Waals surface area contributed by atoms with E-state index in [4.69, 9.17) is 5.11 Å². The van der Waals surface area contributed by atoms with Gasteiger partial charge in [0.15, 0.2) is 5.13 Å². The number of aromatic carboxylic acids is 1. The Morgan fingerprint density at radius 1 is 1.53 bits per heavy atom. The fourth-order valence-electron chi connectivity index (χ4n) is 1.96. The predicted molar refractivity (Wildman–Crippen MR) is 67.9 cm³/mol. The molecule has 2 rings (SSSR count). The molecular formula is C11H17N3O2S. The summed E-state index contributed by atoms with van der Waals surface area (Å²) in [5.74, 6) is -0.910. The van der Waals surface area contributed by atoms with Gasteiger partial charge in [-0.2, -0.15) is 0 Å². The summed E-state index contributed by atoms with van der Waals surface area (Å²) < 4.78 is 0. The van der Waals surface area contributed by atoms with Crippen molar-refractivity contribution >= 4 is 22.4 Å². The number of rotatable bonds is 6. The van der Waals surface area contributed by atoms with E-state index in [0.717, 1.165) is 19.5 Å². The molecule has 0 unspecified atom stereocenters. The third kappa shape index (κ3) is 3.67. The van der Waals surface area contributed by atoms with Gasteiger partial charge in [-0.3, -0.25) is 0 Å². The van der Waals surface area contributed by atoms with Crippen LogP contribution in [-0.4, -0.2) is 47.1 Å². The number of carboxylic acid groups (broad SMARTS) is 1. The fraction of sp³-hybridized carbons (Fsp3) is 0.636. The number of anilines is 1. The Hall–Kier alpha value is -1.14. The van der Waals surface area contributed by atoms with Crippen molar-refractivity contribution in [1.29, 1.82) is 0 Å². The van der Waals surface area contributed by atoms with Gasteiger partial charge in [-0.15, -0.1) is 0 Å². The zero-order valence-electron chi connectivity index (χ0n) is 9.69. The zero-order valence-corrected chi connectivity index (χ0v) is 10.5. The summed E-state index contributed by atoms with van der Waals surface area (Å²) in [4.78, 5) is 17.4. The molecule has 0 aliphatic carbocycles. The number of nitrogens with one attached hydrogen (secondary N) is 1. The van der Waals surface area contributed by atoms with Gasteiger partial charge in [0.25, 0.3) is 0 Å². The molecule has 1 aromatic heterocycles. The maximum atomic E-state index is 10.7. The fourth-order valence-corrected chi connectivity index (χ4v) is 2.64. The molecule has 94 valence electrons. The van der Waals surface area contributed by atoms with Crippen LogP contribution in [0.2, 0.25) is 0 Å². The van der Waals surface area contributed by atoms with E-state index in [1.165, 1.54) is 43.5 Å². The molecule has 1 aromatic rings. The van der Waals surface area contributed by atoms with E-state index in [-0.39, 0.29) is 4.88 Å². The minimum absolute atomic E-state index is 0.284. The number of hydrogen-bond acceptors (Lipinski definition) is 5. The van der Waals surface area contributed by atoms with Crippen molar-refractivity contribution < 1.29 is 9.90 Å². The van der Waals surface area contributed by atoms with Crippen molar-refractivity contribution in [2.75, 3.05) is 31.5 Å². The van der Waals surface area contributed by atoms with Gasteiger partial charge < -0.3 is 15.3 Å². The summed E-state index contributed by atoms with van der Waals surface area (Å²) in [6, 6.07) is 0. The molecule has 1 aliphatic rings. The van der Waals surface area contributed by atoms with Crippen LogP contribution in [0.3, 0.4) is 0 Å². The van der Waals surface area contributed by atoms with Crippen molar-refractivity contribution in [2.24, 2.45) is 0 Å². The first-order chi connectivity index (χ1) is 8.25. The average molecular weight is 255 g/mol. The van der Waals surface area contributed by atoms with E-state index in [0.29, 0.717) is 5.13 Å². The predicted octanol–water partition coefficient (Wildman–Crippen LogP) is 1.74. The van der Waals surface area contributed by atoms with Crippen molar-refractivity contribution in [1.82, 2.24) is 9.88 Å². The van der Waals surface area contributed by atoms with Crippen LogP contribution in [-0.2, 0) is 0 Å². The van der Waals surface area contributed by atoms with Crippen molar-refractivity contribution in [3.05, 3.63) is 11.1 Å². The topological polar surface area (TPSA) is 65.5 Å². The summed E-state index contributed by atoms with van der Waals surface area (Å²) in [6.45, 7) is 4.41. The third-order valence-corrected chi connectivity index (χ3v) is 3.79. The number of carbonyl (C=O) groups is 1. The third-order valence-electron chi connectivity index (χ3n) is 2.84. The Balaban J connectivity index is 1.65. The highest BCUT2D eigenvalue weighted by Gasteiger charge is 2.11. The molecule has 0 saturated carbocycles. The van der Waals surface area contributed by atoms with Crippen LogP contribution in [0.25, 0.3) is 0 Å². The minimum Gasteiger partial charge on any atom is -0.477 e. The second-order valence-corrected chi connectivity index (χ2v) is 5.19. The molecule has 0 atom stereocenters. The Morgan fingerprint density at radius 3 is 2.94 bits per heavy atom. The lowest BCUT2D eigenvalue weighted by atomic mass is 10.4. The van der Waals surface area contributed by atoms with Gasteiger partial charge in [0.2, 0.25) is 0 Å². The van der Waals surface area contributed by atoms with Gasteiger partial charge in [0.1, 0.15) is 4.88 Å². The van der Waals surface area contributed by atoms with Gasteiger partial charge in [-0.1, -0.05) is 11.3 Å². The summed E-state index contributed by atoms with van der Waals surface area (Å²) in [5, 5.41) is 12.6. The number of hydrogen-bond donors (Lipinski definition) is 2. The molecule has 6 heteroatoms. The number of carboxylic acids is 1. The molecule has 0 aromatic carbocycles. The maximum absolute atomic E-state index is 10.7. The second kappa shape index (κ2) is 5.97. The highest BCUT2D eigenvalue weighted by atomic mass is 32.1. The van der Waals surface area contributed by atoms with Crippen molar-refractivity contribution in [3.63, 3.8) is 0 Å². The van der Waals surface area contributed by atoms with E-state index < -0.39 is 5.97 Å². The van der Waals surface area contributed by atoms with Crippen LogP contribution >= 0.6 is 11.3 Å². The molecule has 2 heterocycles. The summed E-state index contributed by atoms with van der Waals surface area (Å²) in [5.41, 5.74) is 0. The van der Waals surface area contributed by atoms with E-state index in [2.05, 4.69) is 15.2 Å². The quantitative estimate of drug-likeness (QED) is 0.758. The largest absolute Gasteiger partial charge is 0.477 e. The maximum Gasteiger partial charge on any atom is 0.347 e. The number of nitrogens with zero attached hydrogens (tertiary/aromatic N) is 2. The minimum atomic E-state index is -0.910. The van der Waals surface area contributed by atoms with Crippen molar-refractivity contribution in [2.45, 2.75) is 19.3 Å². The lowest BCUT2D eigenvalue weighted by molar-refractivity contribution is 0.0702. The molecular weight excluding hydrogens is 238 g/mol. The van der Waals surface area contributed by atoms with Crippen molar-refractivity contribution in [3.8, 4) is 0 Å². The lowest BCUT2D eigenvalue weighted by Crippen LogP contribution is -2.22. The van der Waals surface area contributed by atoms with Gasteiger partial charge in [-0.05, 0) is 38.9 Å². The molecule has 1 aliphatic heterocycles. The number of thiazole rings is 1. The van der Waals surface area contributed by atoms with E-state index >= 15 is 0 Å². The Bertz CT molecular complexity index is 375. The first-order valence-electron chi connectivity index (χ1n) is 5.91.